The van der Waals surface area contributed by atoms with Gasteiger partial charge in [0.1, 0.15) is 0 Å². The van der Waals surface area contributed by atoms with E-state index in [9.17, 15) is 9.59 Å². The Bertz CT molecular complexity index is 1320. The Balaban J connectivity index is 0.00000420. The fraction of sp³-hybridized carbons (Fsp3) is 0.310. The second-order valence-electron chi connectivity index (χ2n) is 8.88. The molecule has 0 bridgehead atoms. The molecule has 1 aliphatic heterocycles. The molecule has 208 valence electrons. The van der Waals surface area contributed by atoms with Gasteiger partial charge in [0.2, 0.25) is 5.91 Å². The van der Waals surface area contributed by atoms with Gasteiger partial charge in [-0.1, -0.05) is 48.2 Å². The molecule has 0 aromatic heterocycles. The van der Waals surface area contributed by atoms with Crippen LogP contribution in [0.25, 0.3) is 0 Å². The molecule has 2 N–H and O–H groups in total. The van der Waals surface area contributed by atoms with E-state index in [0.717, 1.165) is 34.0 Å². The monoisotopic (exact) mass is 572 g/mol. The number of methoxy groups -OCH3 is 4. The number of thioether (sulfide) groups is 1. The van der Waals surface area contributed by atoms with Crippen molar-refractivity contribution in [1.82, 2.24) is 10.6 Å². The fourth-order valence-electron chi connectivity index (χ4n) is 4.53. The minimum absolute atomic E-state index is 0. The molecule has 1 heterocycles. The third kappa shape index (κ3) is 6.98. The number of halogens is 1. The highest BCUT2D eigenvalue weighted by Gasteiger charge is 2.31. The molecule has 2 amide bonds. The Kier molecular flexibility index (Phi) is 10.5. The molecule has 3 aromatic rings. The lowest BCUT2D eigenvalue weighted by molar-refractivity contribution is -0.118. The zero-order chi connectivity index (χ0) is 27.2. The molecule has 1 aliphatic rings. The predicted molar refractivity (Wildman–Crippen MR) is 155 cm³/mol. The van der Waals surface area contributed by atoms with Crippen molar-refractivity contribution < 1.29 is 28.5 Å². The van der Waals surface area contributed by atoms with Crippen LogP contribution in [0.1, 0.15) is 41.3 Å². The van der Waals surface area contributed by atoms with Crippen LogP contribution >= 0.6 is 24.2 Å². The molecular weight excluding hydrogens is 540 g/mol. The van der Waals surface area contributed by atoms with E-state index >= 15 is 0 Å². The van der Waals surface area contributed by atoms with Gasteiger partial charge in [-0.25, -0.2) is 0 Å². The summed E-state index contributed by atoms with van der Waals surface area (Å²) >= 11 is 1.03. The minimum atomic E-state index is -0.434. The average molecular weight is 573 g/mol. The number of nitrogens with one attached hydrogen (secondary N) is 2. The van der Waals surface area contributed by atoms with E-state index in [4.69, 9.17) is 18.9 Å². The van der Waals surface area contributed by atoms with E-state index in [1.165, 1.54) is 0 Å². The number of rotatable bonds is 11. The number of imide groups is 1. The Morgan fingerprint density at radius 1 is 0.795 bits per heavy atom. The van der Waals surface area contributed by atoms with Gasteiger partial charge >= 0.3 is 0 Å². The Hall–Kier alpha value is -3.40. The largest absolute Gasteiger partial charge is 0.493 e. The lowest BCUT2D eigenvalue weighted by atomic mass is 9.94. The first-order valence-electron chi connectivity index (χ1n) is 12.2. The molecular formula is C29H33ClN2O6S. The van der Waals surface area contributed by atoms with Crippen LogP contribution in [0.3, 0.4) is 0 Å². The van der Waals surface area contributed by atoms with E-state index in [-0.39, 0.29) is 35.6 Å². The summed E-state index contributed by atoms with van der Waals surface area (Å²) in [7, 11) is 6.46. The molecule has 0 aliphatic carbocycles. The van der Waals surface area contributed by atoms with Crippen LogP contribution in [0.2, 0.25) is 0 Å². The van der Waals surface area contributed by atoms with Gasteiger partial charge < -0.3 is 18.9 Å². The Labute approximate surface area is 239 Å². The third-order valence-corrected chi connectivity index (χ3v) is 7.52. The van der Waals surface area contributed by atoms with Gasteiger partial charge in [0.05, 0.1) is 39.7 Å². The Morgan fingerprint density at radius 2 is 1.36 bits per heavy atom. The molecule has 3 unspecified atom stereocenters. The third-order valence-electron chi connectivity index (χ3n) is 6.54. The number of ether oxygens (including phenoxy) is 4. The molecule has 39 heavy (non-hydrogen) atoms. The molecule has 0 saturated carbocycles. The van der Waals surface area contributed by atoms with Crippen LogP contribution in [-0.4, -0.2) is 44.8 Å². The zero-order valence-electron chi connectivity index (χ0n) is 22.5. The van der Waals surface area contributed by atoms with Crippen molar-refractivity contribution in [3.05, 3.63) is 82.9 Å². The van der Waals surface area contributed by atoms with Crippen molar-refractivity contribution in [1.29, 1.82) is 0 Å². The first-order chi connectivity index (χ1) is 18.4. The van der Waals surface area contributed by atoms with E-state index < -0.39 is 5.25 Å². The van der Waals surface area contributed by atoms with Gasteiger partial charge in [-0.2, -0.15) is 0 Å². The van der Waals surface area contributed by atoms with E-state index in [1.807, 2.05) is 54.6 Å². The summed E-state index contributed by atoms with van der Waals surface area (Å²) in [6.07, 6.45) is 0.458. The van der Waals surface area contributed by atoms with Crippen molar-refractivity contribution >= 4 is 35.3 Å². The van der Waals surface area contributed by atoms with Gasteiger partial charge in [-0.05, 0) is 59.9 Å². The lowest BCUT2D eigenvalue weighted by Crippen LogP contribution is -2.26. The molecule has 3 aromatic carbocycles. The van der Waals surface area contributed by atoms with E-state index in [2.05, 4.69) is 23.6 Å². The van der Waals surface area contributed by atoms with Crippen LogP contribution in [-0.2, 0) is 11.2 Å². The predicted octanol–water partition coefficient (Wildman–Crippen LogP) is 5.48. The van der Waals surface area contributed by atoms with Crippen LogP contribution < -0.4 is 29.6 Å². The number of carbonyl (C=O) groups is 2. The topological polar surface area (TPSA) is 95.1 Å². The van der Waals surface area contributed by atoms with Crippen molar-refractivity contribution in [2.45, 2.75) is 30.7 Å². The summed E-state index contributed by atoms with van der Waals surface area (Å²) in [5, 5.41) is 5.38. The SMILES string of the molecule is COc1ccc(C(C)NC(c2cccc(CC3SC(=O)NC3=O)c2)c2ccc(OC)c(OC)c2)cc1OC.Cl. The molecule has 10 heteroatoms. The summed E-state index contributed by atoms with van der Waals surface area (Å²) < 4.78 is 21.9. The van der Waals surface area contributed by atoms with Crippen LogP contribution in [0.15, 0.2) is 60.7 Å². The smallest absolute Gasteiger partial charge is 0.286 e. The first-order valence-corrected chi connectivity index (χ1v) is 13.0. The highest BCUT2D eigenvalue weighted by Crippen LogP contribution is 2.36. The summed E-state index contributed by atoms with van der Waals surface area (Å²) in [5.74, 6) is 2.35. The highest BCUT2D eigenvalue weighted by molar-refractivity contribution is 8.15. The maximum Gasteiger partial charge on any atom is 0.286 e. The number of hydrogen-bond acceptors (Lipinski definition) is 8. The van der Waals surface area contributed by atoms with Crippen LogP contribution in [0.5, 0.6) is 23.0 Å². The van der Waals surface area contributed by atoms with Gasteiger partial charge in [0, 0.05) is 6.04 Å². The molecule has 0 spiro atoms. The van der Waals surface area contributed by atoms with Crippen LogP contribution in [0, 0.1) is 0 Å². The standard InChI is InChI=1S/C29H32N2O6S.ClH/c1-17(19-9-11-22(34-2)24(15-19)36-4)30-27(21-10-12-23(35-3)25(16-21)37-5)20-8-6-7-18(13-20)14-26-28(32)31-29(33)38-26;/h6-13,15-17,26-27,30H,14H2,1-5H3,(H,31,32,33);1H. The van der Waals surface area contributed by atoms with Crippen molar-refractivity contribution in [2.24, 2.45) is 0 Å². The molecule has 1 fully saturated rings. The maximum absolute atomic E-state index is 12.2. The number of benzene rings is 3. The molecule has 3 atom stereocenters. The second kappa shape index (κ2) is 13.6. The molecule has 4 rings (SSSR count). The summed E-state index contributed by atoms with van der Waals surface area (Å²) in [6, 6.07) is 19.5. The van der Waals surface area contributed by atoms with Gasteiger partial charge in [0.15, 0.2) is 23.0 Å². The highest BCUT2D eigenvalue weighted by atomic mass is 35.5. The number of carbonyl (C=O) groups excluding carboxylic acids is 2. The first kappa shape index (κ1) is 30.1. The van der Waals surface area contributed by atoms with Gasteiger partial charge in [-0.15, -0.1) is 12.4 Å². The fourth-order valence-corrected chi connectivity index (χ4v) is 5.39. The minimum Gasteiger partial charge on any atom is -0.493 e. The van der Waals surface area contributed by atoms with E-state index in [0.29, 0.717) is 29.4 Å². The van der Waals surface area contributed by atoms with Gasteiger partial charge in [-0.3, -0.25) is 20.2 Å². The van der Waals surface area contributed by atoms with Crippen molar-refractivity contribution in [2.75, 3.05) is 28.4 Å². The van der Waals surface area contributed by atoms with Gasteiger partial charge in [0.25, 0.3) is 5.24 Å². The summed E-state index contributed by atoms with van der Waals surface area (Å²) in [5.41, 5.74) is 3.99. The number of amides is 2. The van der Waals surface area contributed by atoms with Crippen molar-refractivity contribution in [3.63, 3.8) is 0 Å². The van der Waals surface area contributed by atoms with Crippen LogP contribution in [0.4, 0.5) is 4.79 Å². The molecule has 8 nitrogen and oxygen atoms in total. The van der Waals surface area contributed by atoms with Crippen molar-refractivity contribution in [3.8, 4) is 23.0 Å². The average Bonchev–Trinajstić information content (AvgIpc) is 3.26. The summed E-state index contributed by atoms with van der Waals surface area (Å²) in [6.45, 7) is 2.09. The normalized spacial score (nSPS) is 16.1. The zero-order valence-corrected chi connectivity index (χ0v) is 24.1. The molecule has 1 saturated heterocycles. The quantitative estimate of drug-likeness (QED) is 0.312. The summed E-state index contributed by atoms with van der Waals surface area (Å²) in [4.78, 5) is 23.8. The molecule has 0 radical (unpaired) electrons. The second-order valence-corrected chi connectivity index (χ2v) is 10.1. The Morgan fingerprint density at radius 3 is 1.92 bits per heavy atom. The van der Waals surface area contributed by atoms with E-state index in [1.54, 1.807) is 28.4 Å². The lowest BCUT2D eigenvalue weighted by Gasteiger charge is -2.26. The number of hydrogen-bond donors (Lipinski definition) is 2. The maximum atomic E-state index is 12.2.